The number of methoxy groups -OCH3 is 2. The average molecular weight is 402 g/mol. The van der Waals surface area contributed by atoms with Crippen molar-refractivity contribution >= 4 is 20.9 Å². The fourth-order valence-electron chi connectivity index (χ4n) is 2.95. The van der Waals surface area contributed by atoms with Gasteiger partial charge in [-0.15, -0.1) is 0 Å². The van der Waals surface area contributed by atoms with E-state index in [9.17, 15) is 13.2 Å². The Hall–Kier alpha value is -2.84. The van der Waals surface area contributed by atoms with Crippen LogP contribution in [0.4, 0.5) is 0 Å². The molecule has 0 spiro atoms. The second kappa shape index (κ2) is 7.65. The van der Waals surface area contributed by atoms with Crippen molar-refractivity contribution in [3.63, 3.8) is 0 Å². The van der Waals surface area contributed by atoms with Crippen LogP contribution in [0, 0.1) is 13.8 Å². The van der Waals surface area contributed by atoms with Crippen molar-refractivity contribution in [2.75, 3.05) is 14.2 Å². The molecule has 0 radical (unpaired) electrons. The Bertz CT molecular complexity index is 1200. The molecule has 0 fully saturated rings. The smallest absolute Gasteiger partial charge is 0.252 e. The van der Waals surface area contributed by atoms with Gasteiger partial charge in [-0.2, -0.15) is 0 Å². The molecule has 0 amide bonds. The maximum Gasteiger partial charge on any atom is 0.252 e. The summed E-state index contributed by atoms with van der Waals surface area (Å²) in [6, 6.07) is 9.99. The third-order valence-electron chi connectivity index (χ3n) is 4.74. The first-order valence-corrected chi connectivity index (χ1v) is 10.1. The summed E-state index contributed by atoms with van der Waals surface area (Å²) in [4.78, 5) is 15.2. The number of hydrogen-bond acceptors (Lipinski definition) is 5. The number of fused-ring (bicyclic) bond motifs is 1. The van der Waals surface area contributed by atoms with Gasteiger partial charge in [-0.25, -0.2) is 13.1 Å². The van der Waals surface area contributed by atoms with Crippen LogP contribution in [0.25, 0.3) is 10.9 Å². The summed E-state index contributed by atoms with van der Waals surface area (Å²) in [5.41, 5.74) is 2.82. The third kappa shape index (κ3) is 3.74. The molecule has 0 aliphatic carbocycles. The zero-order chi connectivity index (χ0) is 20.5. The van der Waals surface area contributed by atoms with Crippen LogP contribution in [0.5, 0.6) is 11.5 Å². The standard InChI is InChI=1S/C20H22N2O5S/c1-12-5-6-14-9-15(20(23)22-19(14)13(12)2)11-21-28(24,25)18-8-7-16(26-3)10-17(18)27-4/h5-10,21H,11H2,1-4H3,(H,22,23). The molecule has 0 aliphatic heterocycles. The lowest BCUT2D eigenvalue weighted by Gasteiger charge is -2.12. The molecule has 0 saturated carbocycles. The Morgan fingerprint density at radius 2 is 1.79 bits per heavy atom. The second-order valence-electron chi connectivity index (χ2n) is 6.44. The molecule has 7 nitrogen and oxygen atoms in total. The molecule has 28 heavy (non-hydrogen) atoms. The van der Waals surface area contributed by atoms with Gasteiger partial charge in [-0.3, -0.25) is 4.79 Å². The number of H-pyrrole nitrogens is 1. The number of aromatic nitrogens is 1. The number of sulfonamides is 1. The fraction of sp³-hybridized carbons (Fsp3) is 0.250. The quantitative estimate of drug-likeness (QED) is 0.661. The van der Waals surface area contributed by atoms with Crippen molar-refractivity contribution in [1.82, 2.24) is 9.71 Å². The van der Waals surface area contributed by atoms with Crippen LogP contribution < -0.4 is 19.8 Å². The van der Waals surface area contributed by atoms with E-state index in [1.165, 1.54) is 32.4 Å². The van der Waals surface area contributed by atoms with E-state index in [1.54, 1.807) is 6.07 Å². The van der Waals surface area contributed by atoms with Gasteiger partial charge in [0.15, 0.2) is 0 Å². The molecule has 3 aromatic rings. The number of aromatic amines is 1. The number of benzene rings is 2. The Balaban J connectivity index is 1.92. The van der Waals surface area contributed by atoms with E-state index in [-0.39, 0.29) is 22.7 Å². The van der Waals surface area contributed by atoms with Gasteiger partial charge in [0.05, 0.1) is 19.7 Å². The number of aryl methyl sites for hydroxylation is 2. The van der Waals surface area contributed by atoms with Crippen LogP contribution in [0.1, 0.15) is 16.7 Å². The molecule has 0 aliphatic rings. The van der Waals surface area contributed by atoms with E-state index in [0.717, 1.165) is 22.0 Å². The zero-order valence-electron chi connectivity index (χ0n) is 16.1. The largest absolute Gasteiger partial charge is 0.497 e. The van der Waals surface area contributed by atoms with Gasteiger partial charge in [0, 0.05) is 18.2 Å². The number of pyridine rings is 1. The van der Waals surface area contributed by atoms with Gasteiger partial charge in [0.25, 0.3) is 5.56 Å². The molecule has 3 rings (SSSR count). The highest BCUT2D eigenvalue weighted by atomic mass is 32.2. The molecule has 0 saturated heterocycles. The van der Waals surface area contributed by atoms with Crippen LogP contribution in [-0.2, 0) is 16.6 Å². The molecule has 0 bridgehead atoms. The number of hydrogen-bond donors (Lipinski definition) is 2. The maximum atomic E-state index is 12.7. The number of rotatable bonds is 6. The summed E-state index contributed by atoms with van der Waals surface area (Å²) in [5.74, 6) is 0.637. The van der Waals surface area contributed by atoms with Crippen molar-refractivity contribution in [1.29, 1.82) is 0 Å². The SMILES string of the molecule is COc1ccc(S(=O)(=O)NCc2cc3ccc(C)c(C)c3[nH]c2=O)c(OC)c1. The Kier molecular flexibility index (Phi) is 5.44. The van der Waals surface area contributed by atoms with Crippen LogP contribution in [-0.4, -0.2) is 27.6 Å². The fourth-order valence-corrected chi connectivity index (χ4v) is 4.10. The van der Waals surface area contributed by atoms with E-state index in [0.29, 0.717) is 11.3 Å². The maximum absolute atomic E-state index is 12.7. The molecule has 0 unspecified atom stereocenters. The van der Waals surface area contributed by atoms with E-state index in [4.69, 9.17) is 9.47 Å². The summed E-state index contributed by atoms with van der Waals surface area (Å²) in [6.07, 6.45) is 0. The normalized spacial score (nSPS) is 11.6. The summed E-state index contributed by atoms with van der Waals surface area (Å²) < 4.78 is 38.1. The van der Waals surface area contributed by atoms with Crippen LogP contribution >= 0.6 is 0 Å². The van der Waals surface area contributed by atoms with Crippen LogP contribution in [0.15, 0.2) is 46.1 Å². The minimum atomic E-state index is -3.89. The first-order chi connectivity index (χ1) is 13.3. The van der Waals surface area contributed by atoms with Gasteiger partial charge in [0.2, 0.25) is 10.0 Å². The van der Waals surface area contributed by atoms with Crippen LogP contribution in [0.2, 0.25) is 0 Å². The predicted molar refractivity (Wildman–Crippen MR) is 108 cm³/mol. The lowest BCUT2D eigenvalue weighted by atomic mass is 10.0. The lowest BCUT2D eigenvalue weighted by molar-refractivity contribution is 0.386. The van der Waals surface area contributed by atoms with Crippen molar-refractivity contribution in [3.05, 3.63) is 63.4 Å². The summed E-state index contributed by atoms with van der Waals surface area (Å²) >= 11 is 0. The van der Waals surface area contributed by atoms with E-state index >= 15 is 0 Å². The summed E-state index contributed by atoms with van der Waals surface area (Å²) in [6.45, 7) is 3.76. The van der Waals surface area contributed by atoms with Gasteiger partial charge < -0.3 is 14.5 Å². The topological polar surface area (TPSA) is 97.5 Å². The zero-order valence-corrected chi connectivity index (χ0v) is 16.9. The highest BCUT2D eigenvalue weighted by Gasteiger charge is 2.20. The number of nitrogens with one attached hydrogen (secondary N) is 2. The van der Waals surface area contributed by atoms with E-state index < -0.39 is 10.0 Å². The van der Waals surface area contributed by atoms with Crippen molar-refractivity contribution in [2.24, 2.45) is 0 Å². The minimum Gasteiger partial charge on any atom is -0.497 e. The first-order valence-electron chi connectivity index (χ1n) is 8.60. The minimum absolute atomic E-state index is 0.0283. The van der Waals surface area contributed by atoms with Gasteiger partial charge in [-0.05, 0) is 48.6 Å². The average Bonchev–Trinajstić information content (AvgIpc) is 2.69. The molecule has 148 valence electrons. The second-order valence-corrected chi connectivity index (χ2v) is 8.17. The summed E-state index contributed by atoms with van der Waals surface area (Å²) in [7, 11) is -1.03. The molecule has 2 aromatic carbocycles. The first kappa shape index (κ1) is 19.9. The predicted octanol–water partition coefficient (Wildman–Crippen LogP) is 2.64. The highest BCUT2D eigenvalue weighted by Crippen LogP contribution is 2.28. The molecule has 8 heteroatoms. The molecule has 1 heterocycles. The molecule has 1 aromatic heterocycles. The molecule has 0 atom stereocenters. The van der Waals surface area contributed by atoms with Gasteiger partial charge in [-0.1, -0.05) is 12.1 Å². The van der Waals surface area contributed by atoms with Gasteiger partial charge in [0.1, 0.15) is 16.4 Å². The van der Waals surface area contributed by atoms with E-state index in [2.05, 4.69) is 9.71 Å². The number of ether oxygens (including phenoxy) is 2. The monoisotopic (exact) mass is 402 g/mol. The molecule has 2 N–H and O–H groups in total. The lowest BCUT2D eigenvalue weighted by Crippen LogP contribution is -2.27. The molecular formula is C20H22N2O5S. The van der Waals surface area contributed by atoms with Crippen molar-refractivity contribution < 1.29 is 17.9 Å². The Morgan fingerprint density at radius 1 is 1.04 bits per heavy atom. The van der Waals surface area contributed by atoms with Crippen molar-refractivity contribution in [3.8, 4) is 11.5 Å². The van der Waals surface area contributed by atoms with Crippen molar-refractivity contribution in [2.45, 2.75) is 25.3 Å². The molecular weight excluding hydrogens is 380 g/mol. The Labute approximate surface area is 163 Å². The van der Waals surface area contributed by atoms with Gasteiger partial charge >= 0.3 is 0 Å². The Morgan fingerprint density at radius 3 is 2.46 bits per heavy atom. The summed E-state index contributed by atoms with van der Waals surface area (Å²) in [5, 5.41) is 0.846. The third-order valence-corrected chi connectivity index (χ3v) is 6.18. The highest BCUT2D eigenvalue weighted by molar-refractivity contribution is 7.89. The van der Waals surface area contributed by atoms with Crippen LogP contribution in [0.3, 0.4) is 0 Å². The van der Waals surface area contributed by atoms with E-state index in [1.807, 2.05) is 26.0 Å².